The molecule has 2 aromatic rings. The molecule has 2 aromatic heterocycles. The van der Waals surface area contributed by atoms with Gasteiger partial charge < -0.3 is 4.74 Å². The molecule has 0 saturated heterocycles. The van der Waals surface area contributed by atoms with Crippen LogP contribution in [0, 0.1) is 13.8 Å². The van der Waals surface area contributed by atoms with Crippen molar-refractivity contribution in [2.75, 3.05) is 6.61 Å². The third-order valence-corrected chi connectivity index (χ3v) is 5.75. The molecule has 0 saturated carbocycles. The van der Waals surface area contributed by atoms with Crippen molar-refractivity contribution in [1.82, 2.24) is 19.1 Å². The van der Waals surface area contributed by atoms with Crippen molar-refractivity contribution in [2.45, 2.75) is 25.7 Å². The van der Waals surface area contributed by atoms with Crippen molar-refractivity contribution in [2.24, 2.45) is 7.05 Å². The van der Waals surface area contributed by atoms with Gasteiger partial charge >= 0.3 is 17.7 Å². The number of sulfonamides is 1. The third kappa shape index (κ3) is 3.15. The van der Waals surface area contributed by atoms with Gasteiger partial charge in [-0.3, -0.25) is 0 Å². The number of thiophene rings is 1. The molecular formula is C12H16N4O5S2. The van der Waals surface area contributed by atoms with Crippen LogP contribution in [0.2, 0.25) is 0 Å². The van der Waals surface area contributed by atoms with Crippen LogP contribution in [0.4, 0.5) is 4.79 Å². The quantitative estimate of drug-likeness (QED) is 0.855. The maximum Gasteiger partial charge on any atom is 0.360 e. The molecule has 0 aliphatic carbocycles. The summed E-state index contributed by atoms with van der Waals surface area (Å²) in [7, 11) is -2.73. The van der Waals surface area contributed by atoms with Crippen LogP contribution >= 0.6 is 11.3 Å². The molecule has 2 rings (SSSR count). The first-order valence-corrected chi connectivity index (χ1v) is 8.96. The van der Waals surface area contributed by atoms with E-state index in [0.29, 0.717) is 15.1 Å². The Balaban J connectivity index is 2.36. The third-order valence-electron chi connectivity index (χ3n) is 2.99. The Kier molecular flexibility index (Phi) is 4.61. The lowest BCUT2D eigenvalue weighted by Crippen LogP contribution is -2.40. The van der Waals surface area contributed by atoms with Gasteiger partial charge in [0, 0.05) is 11.9 Å². The SMILES string of the molecule is CCOc1nn(C(=O)NS(=O)(=O)c2c(C)csc2C)c(=O)n1C. The van der Waals surface area contributed by atoms with Crippen LogP contribution in [0.1, 0.15) is 17.4 Å². The van der Waals surface area contributed by atoms with Crippen LogP contribution in [0.5, 0.6) is 6.01 Å². The average Bonchev–Trinajstić information content (AvgIpc) is 2.93. The van der Waals surface area contributed by atoms with E-state index in [2.05, 4.69) is 5.10 Å². The largest absolute Gasteiger partial charge is 0.464 e. The summed E-state index contributed by atoms with van der Waals surface area (Å²) in [5, 5.41) is 5.36. The Hall–Kier alpha value is -2.14. The molecule has 9 nitrogen and oxygen atoms in total. The molecule has 0 fully saturated rings. The van der Waals surface area contributed by atoms with Crippen LogP contribution < -0.4 is 15.1 Å². The van der Waals surface area contributed by atoms with Gasteiger partial charge in [-0.1, -0.05) is 0 Å². The van der Waals surface area contributed by atoms with Crippen LogP contribution in [0.15, 0.2) is 15.1 Å². The molecule has 0 spiro atoms. The summed E-state index contributed by atoms with van der Waals surface area (Å²) < 4.78 is 33.1. The first-order chi connectivity index (χ1) is 10.7. The van der Waals surface area contributed by atoms with Gasteiger partial charge in [0.15, 0.2) is 0 Å². The minimum Gasteiger partial charge on any atom is -0.464 e. The highest BCUT2D eigenvalue weighted by molar-refractivity contribution is 7.90. The first kappa shape index (κ1) is 17.2. The van der Waals surface area contributed by atoms with E-state index in [4.69, 9.17) is 4.74 Å². The highest BCUT2D eigenvalue weighted by Gasteiger charge is 2.26. The predicted octanol–water partition coefficient (Wildman–Crippen LogP) is 0.605. The molecule has 23 heavy (non-hydrogen) atoms. The highest BCUT2D eigenvalue weighted by atomic mass is 32.2. The van der Waals surface area contributed by atoms with E-state index in [-0.39, 0.29) is 17.5 Å². The molecular weight excluding hydrogens is 344 g/mol. The van der Waals surface area contributed by atoms with Crippen LogP contribution in [0.3, 0.4) is 0 Å². The zero-order valence-corrected chi connectivity index (χ0v) is 14.6. The number of carbonyl (C=O) groups excluding carboxylic acids is 1. The first-order valence-electron chi connectivity index (χ1n) is 6.59. The Morgan fingerprint density at radius 1 is 1.43 bits per heavy atom. The van der Waals surface area contributed by atoms with E-state index in [1.54, 1.807) is 26.2 Å². The molecule has 0 aliphatic rings. The van der Waals surface area contributed by atoms with Crippen LogP contribution in [-0.2, 0) is 17.1 Å². The van der Waals surface area contributed by atoms with Gasteiger partial charge in [-0.05, 0) is 31.7 Å². The monoisotopic (exact) mass is 360 g/mol. The van der Waals surface area contributed by atoms with E-state index in [9.17, 15) is 18.0 Å². The van der Waals surface area contributed by atoms with Gasteiger partial charge in [0.2, 0.25) is 0 Å². The molecule has 0 radical (unpaired) electrons. The zero-order valence-electron chi connectivity index (χ0n) is 13.0. The number of ether oxygens (including phenoxy) is 1. The predicted molar refractivity (Wildman–Crippen MR) is 83.5 cm³/mol. The maximum absolute atomic E-state index is 12.3. The topological polar surface area (TPSA) is 112 Å². The molecule has 0 aliphatic heterocycles. The fourth-order valence-corrected chi connectivity index (χ4v) is 4.55. The summed E-state index contributed by atoms with van der Waals surface area (Å²) in [6, 6.07) is -1.24. The number of aromatic nitrogens is 3. The number of nitrogens with one attached hydrogen (secondary N) is 1. The number of nitrogens with zero attached hydrogens (tertiary/aromatic N) is 3. The van der Waals surface area contributed by atoms with Crippen molar-refractivity contribution in [3.05, 3.63) is 26.3 Å². The summed E-state index contributed by atoms with van der Waals surface area (Å²) in [4.78, 5) is 24.6. The van der Waals surface area contributed by atoms with Gasteiger partial charge in [-0.25, -0.2) is 27.3 Å². The van der Waals surface area contributed by atoms with Gasteiger partial charge in [-0.2, -0.15) is 0 Å². The minimum absolute atomic E-state index is 0.0323. The normalized spacial score (nSPS) is 11.5. The fraction of sp³-hybridized carbons (Fsp3) is 0.417. The van der Waals surface area contributed by atoms with Crippen molar-refractivity contribution in [1.29, 1.82) is 0 Å². The molecule has 0 aromatic carbocycles. The zero-order chi connectivity index (χ0) is 17.4. The van der Waals surface area contributed by atoms with Crippen molar-refractivity contribution < 1.29 is 17.9 Å². The lowest BCUT2D eigenvalue weighted by molar-refractivity contribution is 0.242. The Bertz CT molecular complexity index is 887. The van der Waals surface area contributed by atoms with Gasteiger partial charge in [0.05, 0.1) is 6.61 Å². The van der Waals surface area contributed by atoms with Gasteiger partial charge in [0.1, 0.15) is 4.90 Å². The lowest BCUT2D eigenvalue weighted by Gasteiger charge is -2.06. The minimum atomic E-state index is -4.10. The number of hydrogen-bond acceptors (Lipinski definition) is 7. The van der Waals surface area contributed by atoms with Crippen LogP contribution in [0.25, 0.3) is 0 Å². The molecule has 11 heteroatoms. The molecule has 1 amide bonds. The highest BCUT2D eigenvalue weighted by Crippen LogP contribution is 2.25. The van der Waals surface area contributed by atoms with E-state index >= 15 is 0 Å². The Labute approximate surface area is 136 Å². The summed E-state index contributed by atoms with van der Waals surface area (Å²) >= 11 is 1.26. The van der Waals surface area contributed by atoms with Gasteiger partial charge in [-0.15, -0.1) is 21.1 Å². The van der Waals surface area contributed by atoms with Crippen LogP contribution in [-0.4, -0.2) is 35.4 Å². The second kappa shape index (κ2) is 6.16. The summed E-state index contributed by atoms with van der Waals surface area (Å²) in [6.07, 6.45) is 0. The number of amides is 1. The molecule has 0 bridgehead atoms. The fourth-order valence-electron chi connectivity index (χ4n) is 1.98. The average molecular weight is 360 g/mol. The van der Waals surface area contributed by atoms with E-state index in [0.717, 1.165) is 4.57 Å². The van der Waals surface area contributed by atoms with Crippen molar-refractivity contribution in [3.8, 4) is 6.01 Å². The van der Waals surface area contributed by atoms with E-state index in [1.807, 2.05) is 4.72 Å². The van der Waals surface area contributed by atoms with Crippen molar-refractivity contribution in [3.63, 3.8) is 0 Å². The second-order valence-corrected chi connectivity index (χ2v) is 7.39. The van der Waals surface area contributed by atoms with E-state index in [1.165, 1.54) is 18.4 Å². The number of rotatable bonds is 4. The molecule has 0 unspecified atom stereocenters. The number of aryl methyl sites for hydroxylation is 2. The van der Waals surface area contributed by atoms with Crippen molar-refractivity contribution >= 4 is 27.4 Å². The lowest BCUT2D eigenvalue weighted by atomic mass is 10.3. The Morgan fingerprint density at radius 2 is 2.09 bits per heavy atom. The second-order valence-electron chi connectivity index (χ2n) is 4.68. The summed E-state index contributed by atoms with van der Waals surface area (Å²) in [6.45, 7) is 5.20. The molecule has 2 heterocycles. The number of carbonyl (C=O) groups is 1. The molecule has 126 valence electrons. The smallest absolute Gasteiger partial charge is 0.360 e. The Morgan fingerprint density at radius 3 is 2.61 bits per heavy atom. The standard InChI is InChI=1S/C12H16N4O5S2/c1-5-21-11-13-16(12(18)15(11)4)10(17)14-23(19,20)9-7(2)6-22-8(9)3/h6H,5H2,1-4H3,(H,14,17). The van der Waals surface area contributed by atoms with E-state index < -0.39 is 21.7 Å². The number of hydrogen-bond donors (Lipinski definition) is 1. The maximum atomic E-state index is 12.3. The summed E-state index contributed by atoms with van der Waals surface area (Å²) in [5.41, 5.74) is -0.281. The molecule has 0 atom stereocenters. The van der Waals surface area contributed by atoms with Gasteiger partial charge in [0.25, 0.3) is 10.0 Å². The summed E-state index contributed by atoms with van der Waals surface area (Å²) in [5.74, 6) is 0. The molecule has 1 N–H and O–H groups in total.